The van der Waals surface area contributed by atoms with Crippen molar-refractivity contribution in [3.8, 4) is 11.8 Å². The predicted molar refractivity (Wildman–Crippen MR) is 76.9 cm³/mol. The minimum atomic E-state index is -0.117. The lowest BCUT2D eigenvalue weighted by Gasteiger charge is -2.05. The molecule has 3 N–H and O–H groups in total. The molecule has 1 amide bonds. The van der Waals surface area contributed by atoms with Crippen LogP contribution in [0.1, 0.15) is 15.9 Å². The molecule has 1 aromatic carbocycles. The third-order valence-corrected chi connectivity index (χ3v) is 2.65. The van der Waals surface area contributed by atoms with Crippen LogP contribution in [0.25, 0.3) is 0 Å². The van der Waals surface area contributed by atoms with Crippen LogP contribution in [0.2, 0.25) is 0 Å². The van der Waals surface area contributed by atoms with Crippen molar-refractivity contribution in [2.45, 2.75) is 6.54 Å². The van der Waals surface area contributed by atoms with E-state index in [1.165, 1.54) is 0 Å². The van der Waals surface area contributed by atoms with Crippen LogP contribution in [0.15, 0.2) is 42.7 Å². The molecule has 5 heteroatoms. The first-order chi connectivity index (χ1) is 9.79. The minimum absolute atomic E-state index is 0.117. The number of benzene rings is 1. The second-order valence-corrected chi connectivity index (χ2v) is 4.11. The standard InChI is InChI=1S/C15H16N4O/c16-7-2-5-13-4-1-6-14(12-13)15(20)17-9-11-19-10-3-8-18-19/h1,3-4,6,8,10,12H,7,9,11,16H2,(H,17,20). The second kappa shape index (κ2) is 7.12. The van der Waals surface area contributed by atoms with E-state index in [0.29, 0.717) is 25.2 Å². The van der Waals surface area contributed by atoms with E-state index < -0.39 is 0 Å². The fraction of sp³-hybridized carbons (Fsp3) is 0.200. The molecular formula is C15H16N4O. The van der Waals surface area contributed by atoms with Gasteiger partial charge in [0.15, 0.2) is 0 Å². The number of aromatic nitrogens is 2. The maximum Gasteiger partial charge on any atom is 0.251 e. The average molecular weight is 268 g/mol. The number of amides is 1. The summed E-state index contributed by atoms with van der Waals surface area (Å²) in [5.74, 6) is 5.56. The van der Waals surface area contributed by atoms with Gasteiger partial charge in [0.25, 0.3) is 5.91 Å². The Morgan fingerprint density at radius 1 is 1.40 bits per heavy atom. The molecule has 2 rings (SSSR count). The maximum absolute atomic E-state index is 12.0. The maximum atomic E-state index is 12.0. The third-order valence-electron chi connectivity index (χ3n) is 2.65. The fourth-order valence-electron chi connectivity index (χ4n) is 1.71. The molecule has 0 atom stereocenters. The Hall–Kier alpha value is -2.58. The van der Waals surface area contributed by atoms with Crippen LogP contribution in [0, 0.1) is 11.8 Å². The first kappa shape index (κ1) is 13.8. The number of nitrogens with zero attached hydrogens (tertiary/aromatic N) is 2. The zero-order valence-corrected chi connectivity index (χ0v) is 11.0. The summed E-state index contributed by atoms with van der Waals surface area (Å²) < 4.78 is 1.77. The molecule has 0 bridgehead atoms. The summed E-state index contributed by atoms with van der Waals surface area (Å²) in [6.45, 7) is 1.48. The van der Waals surface area contributed by atoms with Gasteiger partial charge in [0, 0.05) is 30.1 Å². The largest absolute Gasteiger partial charge is 0.350 e. The Bertz CT molecular complexity index is 623. The summed E-state index contributed by atoms with van der Waals surface area (Å²) in [5, 5.41) is 6.92. The van der Waals surface area contributed by atoms with Gasteiger partial charge >= 0.3 is 0 Å². The molecule has 0 radical (unpaired) electrons. The normalized spacial score (nSPS) is 9.65. The number of nitrogens with one attached hydrogen (secondary N) is 1. The predicted octanol–water partition coefficient (Wildman–Crippen LogP) is 0.623. The van der Waals surface area contributed by atoms with E-state index in [1.807, 2.05) is 24.4 Å². The number of rotatable bonds is 4. The lowest BCUT2D eigenvalue weighted by atomic mass is 10.1. The number of carbonyl (C=O) groups is 1. The van der Waals surface area contributed by atoms with Crippen molar-refractivity contribution in [2.24, 2.45) is 5.73 Å². The lowest BCUT2D eigenvalue weighted by Crippen LogP contribution is -2.27. The van der Waals surface area contributed by atoms with Crippen LogP contribution in [-0.4, -0.2) is 28.8 Å². The molecule has 0 unspecified atom stereocenters. The number of hydrogen-bond acceptors (Lipinski definition) is 3. The van der Waals surface area contributed by atoms with Gasteiger partial charge < -0.3 is 11.1 Å². The molecule has 20 heavy (non-hydrogen) atoms. The molecule has 1 heterocycles. The Balaban J connectivity index is 1.91. The molecule has 0 saturated heterocycles. The molecule has 0 spiro atoms. The topological polar surface area (TPSA) is 72.9 Å². The Kier molecular flexibility index (Phi) is 4.93. The quantitative estimate of drug-likeness (QED) is 0.799. The van der Waals surface area contributed by atoms with Gasteiger partial charge in [-0.25, -0.2) is 0 Å². The summed E-state index contributed by atoms with van der Waals surface area (Å²) >= 11 is 0. The van der Waals surface area contributed by atoms with Crippen molar-refractivity contribution in [1.29, 1.82) is 0 Å². The molecule has 0 fully saturated rings. The molecule has 0 aliphatic heterocycles. The molecule has 1 aromatic heterocycles. The molecule has 2 aromatic rings. The first-order valence-electron chi connectivity index (χ1n) is 6.34. The summed E-state index contributed by atoms with van der Waals surface area (Å²) in [7, 11) is 0. The molecule has 0 aliphatic carbocycles. The van der Waals surface area contributed by atoms with Crippen LogP contribution in [0.4, 0.5) is 0 Å². The highest BCUT2D eigenvalue weighted by molar-refractivity contribution is 5.94. The van der Waals surface area contributed by atoms with Gasteiger partial charge in [0.2, 0.25) is 0 Å². The zero-order chi connectivity index (χ0) is 14.2. The molecule has 102 valence electrons. The van der Waals surface area contributed by atoms with Crippen molar-refractivity contribution >= 4 is 5.91 Å². The SMILES string of the molecule is NCC#Cc1cccc(C(=O)NCCn2cccn2)c1. The average Bonchev–Trinajstić information content (AvgIpc) is 2.98. The first-order valence-corrected chi connectivity index (χ1v) is 6.34. The van der Waals surface area contributed by atoms with Crippen molar-refractivity contribution < 1.29 is 4.79 Å². The van der Waals surface area contributed by atoms with Gasteiger partial charge in [-0.2, -0.15) is 5.10 Å². The molecule has 0 saturated carbocycles. The van der Waals surface area contributed by atoms with Gasteiger partial charge in [-0.15, -0.1) is 0 Å². The van der Waals surface area contributed by atoms with Crippen molar-refractivity contribution in [3.05, 3.63) is 53.9 Å². The van der Waals surface area contributed by atoms with Gasteiger partial charge in [0.1, 0.15) is 0 Å². The fourth-order valence-corrected chi connectivity index (χ4v) is 1.71. The summed E-state index contributed by atoms with van der Waals surface area (Å²) in [6, 6.07) is 9.02. The Morgan fingerprint density at radius 3 is 3.05 bits per heavy atom. The van der Waals surface area contributed by atoms with Crippen molar-refractivity contribution in [2.75, 3.05) is 13.1 Å². The van der Waals surface area contributed by atoms with Gasteiger partial charge in [0.05, 0.1) is 13.1 Å². The Morgan fingerprint density at radius 2 is 2.30 bits per heavy atom. The van der Waals surface area contributed by atoms with Gasteiger partial charge in [-0.3, -0.25) is 9.48 Å². The van der Waals surface area contributed by atoms with E-state index in [1.54, 1.807) is 23.0 Å². The lowest BCUT2D eigenvalue weighted by molar-refractivity contribution is 0.0952. The van der Waals surface area contributed by atoms with E-state index in [9.17, 15) is 4.79 Å². The number of nitrogens with two attached hydrogens (primary N) is 1. The van der Waals surface area contributed by atoms with E-state index in [4.69, 9.17) is 5.73 Å². The van der Waals surface area contributed by atoms with Crippen LogP contribution in [-0.2, 0) is 6.54 Å². The van der Waals surface area contributed by atoms with E-state index >= 15 is 0 Å². The van der Waals surface area contributed by atoms with Gasteiger partial charge in [-0.1, -0.05) is 17.9 Å². The van der Waals surface area contributed by atoms with Gasteiger partial charge in [-0.05, 0) is 24.3 Å². The van der Waals surface area contributed by atoms with Crippen molar-refractivity contribution in [3.63, 3.8) is 0 Å². The van der Waals surface area contributed by atoms with Crippen LogP contribution in [0.5, 0.6) is 0 Å². The second-order valence-electron chi connectivity index (χ2n) is 4.11. The monoisotopic (exact) mass is 268 g/mol. The Labute approximate surface area is 117 Å². The summed E-state index contributed by atoms with van der Waals surface area (Å²) in [6.07, 6.45) is 3.57. The third kappa shape index (κ3) is 3.97. The highest BCUT2D eigenvalue weighted by Gasteiger charge is 2.04. The van der Waals surface area contributed by atoms with E-state index in [-0.39, 0.29) is 5.91 Å². The highest BCUT2D eigenvalue weighted by atomic mass is 16.1. The number of hydrogen-bond donors (Lipinski definition) is 2. The highest BCUT2D eigenvalue weighted by Crippen LogP contribution is 2.04. The van der Waals surface area contributed by atoms with Crippen LogP contribution >= 0.6 is 0 Å². The zero-order valence-electron chi connectivity index (χ0n) is 11.0. The molecule has 5 nitrogen and oxygen atoms in total. The number of carbonyl (C=O) groups excluding carboxylic acids is 1. The minimum Gasteiger partial charge on any atom is -0.350 e. The van der Waals surface area contributed by atoms with Crippen LogP contribution < -0.4 is 11.1 Å². The van der Waals surface area contributed by atoms with Crippen LogP contribution in [0.3, 0.4) is 0 Å². The van der Waals surface area contributed by atoms with E-state index in [2.05, 4.69) is 22.3 Å². The molecular weight excluding hydrogens is 252 g/mol. The smallest absolute Gasteiger partial charge is 0.251 e. The summed E-state index contributed by atoms with van der Waals surface area (Å²) in [5.41, 5.74) is 6.70. The molecule has 0 aliphatic rings. The van der Waals surface area contributed by atoms with Crippen molar-refractivity contribution in [1.82, 2.24) is 15.1 Å². The summed E-state index contributed by atoms with van der Waals surface area (Å²) in [4.78, 5) is 12.0. The van der Waals surface area contributed by atoms with E-state index in [0.717, 1.165) is 5.56 Å².